The van der Waals surface area contributed by atoms with Crippen LogP contribution in [-0.2, 0) is 5.41 Å². The van der Waals surface area contributed by atoms with E-state index in [4.69, 9.17) is 0 Å². The second kappa shape index (κ2) is 3.34. The van der Waals surface area contributed by atoms with Gasteiger partial charge < -0.3 is 4.40 Å². The Bertz CT molecular complexity index is 506. The molecule has 0 N–H and O–H groups in total. The van der Waals surface area contributed by atoms with Gasteiger partial charge in [-0.25, -0.2) is 4.98 Å². The van der Waals surface area contributed by atoms with E-state index in [1.165, 1.54) is 5.52 Å². The Kier molecular flexibility index (Phi) is 2.38. The molecule has 2 heterocycles. The summed E-state index contributed by atoms with van der Waals surface area (Å²) in [5.74, 6) is 1.11. The van der Waals surface area contributed by atoms with Crippen molar-refractivity contribution >= 4 is 21.4 Å². The van der Waals surface area contributed by atoms with E-state index < -0.39 is 0 Å². The van der Waals surface area contributed by atoms with E-state index in [2.05, 4.69) is 65.3 Å². The third-order valence-corrected chi connectivity index (χ3v) is 3.10. The van der Waals surface area contributed by atoms with Gasteiger partial charge in [-0.05, 0) is 35.0 Å². The molecule has 2 nitrogen and oxygen atoms in total. The van der Waals surface area contributed by atoms with Gasteiger partial charge in [0.15, 0.2) is 0 Å². The van der Waals surface area contributed by atoms with E-state index >= 15 is 0 Å². The molecule has 0 amide bonds. The number of fused-ring (bicyclic) bond motifs is 1. The average molecular weight is 267 g/mol. The lowest BCUT2D eigenvalue weighted by molar-refractivity contribution is 0.542. The molecule has 80 valence electrons. The number of aryl methyl sites for hydroxylation is 1. The van der Waals surface area contributed by atoms with Gasteiger partial charge in [0.1, 0.15) is 5.82 Å². The number of imidazole rings is 1. The van der Waals surface area contributed by atoms with Crippen molar-refractivity contribution in [2.45, 2.75) is 33.1 Å². The number of nitrogens with zero attached hydrogens (tertiary/aromatic N) is 2. The van der Waals surface area contributed by atoms with E-state index in [1.54, 1.807) is 0 Å². The highest BCUT2D eigenvalue weighted by Crippen LogP contribution is 2.28. The fourth-order valence-electron chi connectivity index (χ4n) is 1.80. The molecule has 2 aromatic heterocycles. The van der Waals surface area contributed by atoms with Gasteiger partial charge in [0.05, 0.1) is 11.2 Å². The standard InChI is InChI=1S/C12H15BrN2/c1-8-10-9(13)6-5-7-15(10)11(14-8)12(2,3)4/h5-7H,1-4H3. The van der Waals surface area contributed by atoms with Crippen LogP contribution < -0.4 is 0 Å². The fourth-order valence-corrected chi connectivity index (χ4v) is 2.43. The van der Waals surface area contributed by atoms with Crippen molar-refractivity contribution in [1.29, 1.82) is 0 Å². The van der Waals surface area contributed by atoms with E-state index in [-0.39, 0.29) is 5.41 Å². The topological polar surface area (TPSA) is 17.3 Å². The molecule has 15 heavy (non-hydrogen) atoms. The van der Waals surface area contributed by atoms with Gasteiger partial charge in [-0.15, -0.1) is 0 Å². The van der Waals surface area contributed by atoms with Crippen molar-refractivity contribution in [1.82, 2.24) is 9.38 Å². The van der Waals surface area contributed by atoms with Gasteiger partial charge in [0.25, 0.3) is 0 Å². The Balaban J connectivity index is 2.85. The van der Waals surface area contributed by atoms with Gasteiger partial charge in [0, 0.05) is 16.1 Å². The van der Waals surface area contributed by atoms with E-state index in [1.807, 2.05) is 6.07 Å². The third kappa shape index (κ3) is 1.69. The molecular formula is C12H15BrN2. The molecule has 2 rings (SSSR count). The van der Waals surface area contributed by atoms with Crippen LogP contribution in [0.1, 0.15) is 32.3 Å². The van der Waals surface area contributed by atoms with Crippen LogP contribution in [0.5, 0.6) is 0 Å². The largest absolute Gasteiger partial charge is 0.302 e. The summed E-state index contributed by atoms with van der Waals surface area (Å²) in [6.07, 6.45) is 2.07. The molecule has 0 aromatic carbocycles. The molecule has 3 heteroatoms. The Labute approximate surface area is 98.5 Å². The zero-order valence-electron chi connectivity index (χ0n) is 9.50. The molecule has 0 saturated carbocycles. The first kappa shape index (κ1) is 10.7. The van der Waals surface area contributed by atoms with Gasteiger partial charge in [-0.3, -0.25) is 0 Å². The van der Waals surface area contributed by atoms with Crippen LogP contribution in [0.4, 0.5) is 0 Å². The van der Waals surface area contributed by atoms with E-state index in [9.17, 15) is 0 Å². The predicted molar refractivity (Wildman–Crippen MR) is 66.3 cm³/mol. The Morgan fingerprint density at radius 2 is 2.00 bits per heavy atom. The molecule has 0 fully saturated rings. The van der Waals surface area contributed by atoms with Crippen LogP contribution in [0.25, 0.3) is 5.52 Å². The van der Waals surface area contributed by atoms with Crippen molar-refractivity contribution in [3.63, 3.8) is 0 Å². The lowest BCUT2D eigenvalue weighted by atomic mass is 9.96. The molecule has 0 radical (unpaired) electrons. The third-order valence-electron chi connectivity index (χ3n) is 2.46. The lowest BCUT2D eigenvalue weighted by Gasteiger charge is -2.16. The summed E-state index contributed by atoms with van der Waals surface area (Å²) in [4.78, 5) is 4.65. The Morgan fingerprint density at radius 3 is 2.60 bits per heavy atom. The smallest absolute Gasteiger partial charge is 0.118 e. The molecule has 0 saturated heterocycles. The minimum absolute atomic E-state index is 0.0674. The van der Waals surface area contributed by atoms with Crippen LogP contribution in [0.15, 0.2) is 22.8 Å². The van der Waals surface area contributed by atoms with Crippen LogP contribution in [-0.4, -0.2) is 9.38 Å². The Morgan fingerprint density at radius 1 is 1.33 bits per heavy atom. The van der Waals surface area contributed by atoms with Crippen LogP contribution in [0.3, 0.4) is 0 Å². The van der Waals surface area contributed by atoms with E-state index in [0.29, 0.717) is 0 Å². The molecule has 0 spiro atoms. The van der Waals surface area contributed by atoms with Crippen molar-refractivity contribution < 1.29 is 0 Å². The van der Waals surface area contributed by atoms with Gasteiger partial charge >= 0.3 is 0 Å². The molecule has 0 aliphatic rings. The summed E-state index contributed by atoms with van der Waals surface area (Å²) < 4.78 is 3.27. The Hall–Kier alpha value is -0.830. The summed E-state index contributed by atoms with van der Waals surface area (Å²) in [5, 5.41) is 0. The SMILES string of the molecule is Cc1nc(C(C)(C)C)n2cccc(Br)c12. The maximum absolute atomic E-state index is 4.65. The van der Waals surface area contributed by atoms with Crippen molar-refractivity contribution in [2.24, 2.45) is 0 Å². The quantitative estimate of drug-likeness (QED) is 0.711. The van der Waals surface area contributed by atoms with Gasteiger partial charge in [-0.1, -0.05) is 20.8 Å². The normalized spacial score (nSPS) is 12.3. The first-order chi connectivity index (χ1) is 6.91. The second-order valence-electron chi connectivity index (χ2n) is 4.85. The second-order valence-corrected chi connectivity index (χ2v) is 5.70. The van der Waals surface area contributed by atoms with Crippen molar-refractivity contribution in [2.75, 3.05) is 0 Å². The van der Waals surface area contributed by atoms with Crippen LogP contribution >= 0.6 is 15.9 Å². The average Bonchev–Trinajstić information content (AvgIpc) is 2.44. The summed E-state index contributed by atoms with van der Waals surface area (Å²) in [5.41, 5.74) is 2.31. The molecule has 0 atom stereocenters. The maximum Gasteiger partial charge on any atom is 0.118 e. The molecule has 0 bridgehead atoms. The molecular weight excluding hydrogens is 252 g/mol. The first-order valence-corrected chi connectivity index (χ1v) is 5.84. The number of hydrogen-bond acceptors (Lipinski definition) is 1. The van der Waals surface area contributed by atoms with Crippen LogP contribution in [0, 0.1) is 6.92 Å². The molecule has 0 aliphatic carbocycles. The van der Waals surface area contributed by atoms with Crippen molar-refractivity contribution in [3.8, 4) is 0 Å². The minimum Gasteiger partial charge on any atom is -0.302 e. The highest BCUT2D eigenvalue weighted by Gasteiger charge is 2.21. The summed E-state index contributed by atoms with van der Waals surface area (Å²) in [7, 11) is 0. The highest BCUT2D eigenvalue weighted by atomic mass is 79.9. The summed E-state index contributed by atoms with van der Waals surface area (Å²) in [6, 6.07) is 4.09. The molecule has 2 aromatic rings. The summed E-state index contributed by atoms with van der Waals surface area (Å²) >= 11 is 3.57. The number of halogens is 1. The lowest BCUT2D eigenvalue weighted by Crippen LogP contribution is -2.15. The van der Waals surface area contributed by atoms with Crippen LogP contribution in [0.2, 0.25) is 0 Å². The number of rotatable bonds is 0. The predicted octanol–water partition coefficient (Wildman–Crippen LogP) is 3.70. The van der Waals surface area contributed by atoms with E-state index in [0.717, 1.165) is 16.0 Å². The van der Waals surface area contributed by atoms with Crippen molar-refractivity contribution in [3.05, 3.63) is 34.3 Å². The summed E-state index contributed by atoms with van der Waals surface area (Å²) in [6.45, 7) is 8.60. The monoisotopic (exact) mass is 266 g/mol. The van der Waals surface area contributed by atoms with Gasteiger partial charge in [-0.2, -0.15) is 0 Å². The highest BCUT2D eigenvalue weighted by molar-refractivity contribution is 9.10. The zero-order chi connectivity index (χ0) is 11.2. The number of pyridine rings is 1. The number of hydrogen-bond donors (Lipinski definition) is 0. The molecule has 0 aliphatic heterocycles. The maximum atomic E-state index is 4.65. The molecule has 0 unspecified atom stereocenters. The fraction of sp³-hybridized carbons (Fsp3) is 0.417. The zero-order valence-corrected chi connectivity index (χ0v) is 11.1. The van der Waals surface area contributed by atoms with Gasteiger partial charge in [0.2, 0.25) is 0 Å². The first-order valence-electron chi connectivity index (χ1n) is 5.05. The number of aromatic nitrogens is 2. The minimum atomic E-state index is 0.0674.